The van der Waals surface area contributed by atoms with Crippen molar-refractivity contribution in [1.29, 1.82) is 0 Å². The summed E-state index contributed by atoms with van der Waals surface area (Å²) in [7, 11) is -1.81. The van der Waals surface area contributed by atoms with Gasteiger partial charge in [0.2, 0.25) is 5.95 Å². The third-order valence-electron chi connectivity index (χ3n) is 3.74. The summed E-state index contributed by atoms with van der Waals surface area (Å²) in [4.78, 5) is 10.0. The first kappa shape index (κ1) is 18.9. The van der Waals surface area contributed by atoms with Gasteiger partial charge in [0, 0.05) is 25.3 Å². The second kappa shape index (κ2) is 7.81. The summed E-state index contributed by atoms with van der Waals surface area (Å²) in [5.41, 5.74) is 6.99. The summed E-state index contributed by atoms with van der Waals surface area (Å²) < 4.78 is 27.5. The van der Waals surface area contributed by atoms with Crippen LogP contribution in [0.1, 0.15) is 5.56 Å². The third kappa shape index (κ3) is 4.87. The Balaban J connectivity index is 1.77. The minimum Gasteiger partial charge on any atom is -0.368 e. The second-order valence-electron chi connectivity index (χ2n) is 5.88. The van der Waals surface area contributed by atoms with Crippen LogP contribution in [0.4, 0.5) is 17.5 Å². The molecule has 0 aliphatic heterocycles. The van der Waals surface area contributed by atoms with Crippen LogP contribution in [0, 0.1) is 0 Å². The fourth-order valence-corrected chi connectivity index (χ4v) is 3.77. The van der Waals surface area contributed by atoms with Gasteiger partial charge >= 0.3 is 0 Å². The molecule has 3 aromatic rings. The number of nitrogens with two attached hydrogens (primary N) is 1. The molecule has 0 radical (unpaired) electrons. The maximum atomic E-state index is 12.5. The van der Waals surface area contributed by atoms with E-state index >= 15 is 0 Å². The van der Waals surface area contributed by atoms with Crippen molar-refractivity contribution in [3.63, 3.8) is 0 Å². The van der Waals surface area contributed by atoms with Crippen molar-refractivity contribution in [3.05, 3.63) is 71.4 Å². The Morgan fingerprint density at radius 3 is 2.52 bits per heavy atom. The molecule has 0 saturated carbocycles. The van der Waals surface area contributed by atoms with E-state index in [0.717, 1.165) is 5.56 Å². The van der Waals surface area contributed by atoms with Crippen LogP contribution in [-0.2, 0) is 16.6 Å². The quantitative estimate of drug-likeness (QED) is 0.613. The zero-order valence-electron chi connectivity index (χ0n) is 14.5. The van der Waals surface area contributed by atoms with Crippen molar-refractivity contribution in [3.8, 4) is 0 Å². The summed E-state index contributed by atoms with van der Waals surface area (Å²) in [6.45, 7) is 0.480. The van der Waals surface area contributed by atoms with E-state index in [2.05, 4.69) is 14.7 Å². The largest absolute Gasteiger partial charge is 0.368 e. The van der Waals surface area contributed by atoms with Crippen molar-refractivity contribution in [2.45, 2.75) is 11.4 Å². The molecule has 0 amide bonds. The van der Waals surface area contributed by atoms with E-state index in [1.807, 2.05) is 18.0 Å². The predicted octanol–water partition coefficient (Wildman–Crippen LogP) is 3.15. The number of nitrogens with one attached hydrogen (secondary N) is 1. The van der Waals surface area contributed by atoms with E-state index in [4.69, 9.17) is 17.3 Å². The van der Waals surface area contributed by atoms with E-state index in [1.54, 1.807) is 54.6 Å². The lowest BCUT2D eigenvalue weighted by Gasteiger charge is -2.19. The average molecular weight is 404 g/mol. The molecule has 3 rings (SSSR count). The number of halogens is 1. The van der Waals surface area contributed by atoms with E-state index < -0.39 is 10.0 Å². The van der Waals surface area contributed by atoms with Crippen molar-refractivity contribution < 1.29 is 8.42 Å². The zero-order valence-corrected chi connectivity index (χ0v) is 16.1. The Kier molecular flexibility index (Phi) is 5.48. The Labute approximate surface area is 162 Å². The van der Waals surface area contributed by atoms with Crippen LogP contribution in [0.2, 0.25) is 5.15 Å². The standard InChI is InChI=1S/C18H18ClN5O2S/c1-24(17-11-16(19)21-18(20)22-17)12-13-6-5-7-14(10-13)23-27(25,26)15-8-3-2-4-9-15/h2-11,23H,12H2,1H3,(H2,20,21,22). The molecule has 27 heavy (non-hydrogen) atoms. The highest BCUT2D eigenvalue weighted by Gasteiger charge is 2.14. The molecule has 0 unspecified atom stereocenters. The lowest BCUT2D eigenvalue weighted by atomic mass is 10.2. The van der Waals surface area contributed by atoms with Crippen LogP contribution in [0.5, 0.6) is 0 Å². The Hall–Kier alpha value is -2.84. The van der Waals surface area contributed by atoms with Crippen molar-refractivity contribution >= 4 is 39.1 Å². The molecule has 0 aliphatic rings. The van der Waals surface area contributed by atoms with Crippen LogP contribution in [-0.4, -0.2) is 25.4 Å². The number of benzene rings is 2. The first-order valence-corrected chi connectivity index (χ1v) is 9.87. The van der Waals surface area contributed by atoms with Crippen molar-refractivity contribution in [1.82, 2.24) is 9.97 Å². The number of sulfonamides is 1. The molecular formula is C18H18ClN5O2S. The van der Waals surface area contributed by atoms with Gasteiger partial charge in [-0.1, -0.05) is 41.9 Å². The minimum absolute atomic E-state index is 0.0914. The lowest BCUT2D eigenvalue weighted by molar-refractivity contribution is 0.601. The van der Waals surface area contributed by atoms with Gasteiger partial charge < -0.3 is 10.6 Å². The number of rotatable bonds is 6. The predicted molar refractivity (Wildman–Crippen MR) is 107 cm³/mol. The second-order valence-corrected chi connectivity index (χ2v) is 7.95. The van der Waals surface area contributed by atoms with E-state index in [9.17, 15) is 8.42 Å². The maximum Gasteiger partial charge on any atom is 0.261 e. The van der Waals surface area contributed by atoms with Crippen LogP contribution >= 0.6 is 11.6 Å². The number of hydrogen-bond donors (Lipinski definition) is 2. The molecule has 1 aromatic heterocycles. The van der Waals surface area contributed by atoms with E-state index in [0.29, 0.717) is 18.1 Å². The smallest absolute Gasteiger partial charge is 0.261 e. The monoisotopic (exact) mass is 403 g/mol. The van der Waals surface area contributed by atoms with Gasteiger partial charge in [-0.2, -0.15) is 4.98 Å². The fraction of sp³-hybridized carbons (Fsp3) is 0.111. The number of nitrogens with zero attached hydrogens (tertiary/aromatic N) is 3. The summed E-state index contributed by atoms with van der Waals surface area (Å²) in [6, 6.07) is 17.0. The molecular weight excluding hydrogens is 386 g/mol. The molecule has 9 heteroatoms. The van der Waals surface area contributed by atoms with Gasteiger partial charge in [-0.3, -0.25) is 4.72 Å². The highest BCUT2D eigenvalue weighted by atomic mass is 35.5. The third-order valence-corrected chi connectivity index (χ3v) is 5.33. The zero-order chi connectivity index (χ0) is 19.4. The van der Waals surface area contributed by atoms with Gasteiger partial charge in [0.05, 0.1) is 4.90 Å². The minimum atomic E-state index is -3.64. The number of aromatic nitrogens is 2. The summed E-state index contributed by atoms with van der Waals surface area (Å²) in [5, 5.41) is 0.258. The number of hydrogen-bond acceptors (Lipinski definition) is 6. The van der Waals surface area contributed by atoms with Crippen LogP contribution in [0.25, 0.3) is 0 Å². The first-order chi connectivity index (χ1) is 12.8. The fourth-order valence-electron chi connectivity index (χ4n) is 2.52. The number of anilines is 3. The van der Waals surface area contributed by atoms with Crippen molar-refractivity contribution in [2.75, 3.05) is 22.4 Å². The molecule has 0 saturated heterocycles. The van der Waals surface area contributed by atoms with Gasteiger partial charge in [0.15, 0.2) is 0 Å². The lowest BCUT2D eigenvalue weighted by Crippen LogP contribution is -2.19. The van der Waals surface area contributed by atoms with Crippen LogP contribution in [0.3, 0.4) is 0 Å². The summed E-state index contributed by atoms with van der Waals surface area (Å²) in [6.07, 6.45) is 0. The van der Waals surface area contributed by atoms with Crippen LogP contribution in [0.15, 0.2) is 65.6 Å². The van der Waals surface area contributed by atoms with Gasteiger partial charge in [0.1, 0.15) is 11.0 Å². The SMILES string of the molecule is CN(Cc1cccc(NS(=O)(=O)c2ccccc2)c1)c1cc(Cl)nc(N)n1. The molecule has 0 bridgehead atoms. The molecule has 2 aromatic carbocycles. The Morgan fingerprint density at radius 1 is 1.07 bits per heavy atom. The van der Waals surface area contributed by atoms with Crippen LogP contribution < -0.4 is 15.4 Å². The Bertz CT molecular complexity index is 1020. The highest BCUT2D eigenvalue weighted by Crippen LogP contribution is 2.21. The molecule has 0 aliphatic carbocycles. The van der Waals surface area contributed by atoms with Gasteiger partial charge in [-0.15, -0.1) is 0 Å². The maximum absolute atomic E-state index is 12.5. The molecule has 0 atom stereocenters. The van der Waals surface area contributed by atoms with E-state index in [1.165, 1.54) is 0 Å². The van der Waals surface area contributed by atoms with Crippen molar-refractivity contribution in [2.24, 2.45) is 0 Å². The van der Waals surface area contributed by atoms with E-state index in [-0.39, 0.29) is 16.0 Å². The molecule has 7 nitrogen and oxygen atoms in total. The average Bonchev–Trinajstić information content (AvgIpc) is 2.61. The molecule has 0 spiro atoms. The van der Waals surface area contributed by atoms with Gasteiger partial charge in [-0.25, -0.2) is 13.4 Å². The molecule has 3 N–H and O–H groups in total. The summed E-state index contributed by atoms with van der Waals surface area (Å²) >= 11 is 5.92. The molecule has 140 valence electrons. The highest BCUT2D eigenvalue weighted by molar-refractivity contribution is 7.92. The first-order valence-electron chi connectivity index (χ1n) is 8.01. The Morgan fingerprint density at radius 2 is 1.81 bits per heavy atom. The number of nitrogen functional groups attached to an aromatic ring is 1. The molecule has 0 fully saturated rings. The molecule has 1 heterocycles. The summed E-state index contributed by atoms with van der Waals surface area (Å²) in [5.74, 6) is 0.663. The normalized spacial score (nSPS) is 11.2. The van der Waals surface area contributed by atoms with Gasteiger partial charge in [-0.05, 0) is 29.8 Å². The van der Waals surface area contributed by atoms with Gasteiger partial charge in [0.25, 0.3) is 10.0 Å². The topological polar surface area (TPSA) is 101 Å².